The zero-order valence-electron chi connectivity index (χ0n) is 11.5. The topological polar surface area (TPSA) is 28.2 Å². The molecule has 0 radical (unpaired) electrons. The molecule has 3 nitrogen and oxygen atoms in total. The fraction of sp³-hybridized carbons (Fsp3) is 0.438. The number of aromatic nitrogens is 1. The lowest BCUT2D eigenvalue weighted by Gasteiger charge is -2.31. The lowest BCUT2D eigenvalue weighted by atomic mass is 10.1. The molecule has 1 aromatic heterocycles. The van der Waals surface area contributed by atoms with E-state index in [0.29, 0.717) is 5.92 Å². The quantitative estimate of drug-likeness (QED) is 0.849. The van der Waals surface area contributed by atoms with Gasteiger partial charge in [-0.1, -0.05) is 19.1 Å². The van der Waals surface area contributed by atoms with Crippen LogP contribution in [0.5, 0.6) is 0 Å². The van der Waals surface area contributed by atoms with Crippen molar-refractivity contribution < 1.29 is 0 Å². The summed E-state index contributed by atoms with van der Waals surface area (Å²) < 4.78 is 0. The predicted molar refractivity (Wildman–Crippen MR) is 80.6 cm³/mol. The van der Waals surface area contributed by atoms with Gasteiger partial charge in [-0.15, -0.1) is 0 Å². The monoisotopic (exact) mass is 255 g/mol. The van der Waals surface area contributed by atoms with Crippen molar-refractivity contribution in [3.8, 4) is 0 Å². The molecule has 0 amide bonds. The lowest BCUT2D eigenvalue weighted by Crippen LogP contribution is -2.38. The van der Waals surface area contributed by atoms with Gasteiger partial charge in [0.25, 0.3) is 0 Å². The largest absolute Gasteiger partial charge is 0.371 e. The van der Waals surface area contributed by atoms with Crippen molar-refractivity contribution in [2.24, 2.45) is 5.92 Å². The van der Waals surface area contributed by atoms with Crippen LogP contribution in [0.25, 0.3) is 10.8 Å². The summed E-state index contributed by atoms with van der Waals surface area (Å²) >= 11 is 0. The number of hydrogen-bond donors (Lipinski definition) is 1. The molecule has 0 spiro atoms. The molecule has 1 saturated heterocycles. The average Bonchev–Trinajstić information content (AvgIpc) is 2.42. The van der Waals surface area contributed by atoms with E-state index in [2.05, 4.69) is 46.4 Å². The number of benzene rings is 1. The van der Waals surface area contributed by atoms with E-state index >= 15 is 0 Å². The lowest BCUT2D eigenvalue weighted by molar-refractivity contribution is 0.468. The first-order valence-corrected chi connectivity index (χ1v) is 7.13. The molecule has 1 atom stereocenters. The van der Waals surface area contributed by atoms with E-state index in [1.807, 2.05) is 12.4 Å². The highest BCUT2D eigenvalue weighted by Crippen LogP contribution is 2.27. The number of fused-ring (bicyclic) bond motifs is 1. The van der Waals surface area contributed by atoms with E-state index in [-0.39, 0.29) is 0 Å². The maximum absolute atomic E-state index is 4.29. The van der Waals surface area contributed by atoms with E-state index in [9.17, 15) is 0 Å². The number of pyridine rings is 1. The average molecular weight is 255 g/mol. The van der Waals surface area contributed by atoms with Gasteiger partial charge in [-0.25, -0.2) is 0 Å². The molecule has 3 heteroatoms. The van der Waals surface area contributed by atoms with E-state index in [0.717, 1.165) is 26.2 Å². The second kappa shape index (κ2) is 5.57. The summed E-state index contributed by atoms with van der Waals surface area (Å²) in [6, 6.07) is 8.63. The van der Waals surface area contributed by atoms with Crippen molar-refractivity contribution in [1.82, 2.24) is 10.3 Å². The third kappa shape index (κ3) is 2.71. The summed E-state index contributed by atoms with van der Waals surface area (Å²) in [5.41, 5.74) is 1.33. The second-order valence-corrected chi connectivity index (χ2v) is 5.48. The second-order valence-electron chi connectivity index (χ2n) is 5.48. The molecule has 1 N–H and O–H groups in total. The van der Waals surface area contributed by atoms with Crippen molar-refractivity contribution in [2.75, 3.05) is 31.1 Å². The smallest absolute Gasteiger partial charge is 0.0461 e. The van der Waals surface area contributed by atoms with Gasteiger partial charge in [0.1, 0.15) is 0 Å². The van der Waals surface area contributed by atoms with Gasteiger partial charge in [-0.2, -0.15) is 0 Å². The van der Waals surface area contributed by atoms with Crippen molar-refractivity contribution in [3.05, 3.63) is 36.7 Å². The summed E-state index contributed by atoms with van der Waals surface area (Å²) in [6.45, 7) is 6.77. The number of rotatable bonds is 1. The van der Waals surface area contributed by atoms with E-state index in [1.54, 1.807) is 0 Å². The van der Waals surface area contributed by atoms with Gasteiger partial charge in [0.2, 0.25) is 0 Å². The Hall–Kier alpha value is -1.61. The SMILES string of the molecule is CC1CNCCCN(c2cccc3ccncc23)C1. The number of nitrogens with zero attached hydrogens (tertiary/aromatic N) is 2. The van der Waals surface area contributed by atoms with E-state index in [1.165, 1.54) is 22.9 Å². The van der Waals surface area contributed by atoms with Crippen LogP contribution in [-0.4, -0.2) is 31.2 Å². The zero-order chi connectivity index (χ0) is 13.1. The first-order valence-electron chi connectivity index (χ1n) is 7.13. The minimum atomic E-state index is 0.673. The van der Waals surface area contributed by atoms with Gasteiger partial charge in [0.15, 0.2) is 0 Å². The van der Waals surface area contributed by atoms with Crippen LogP contribution in [0, 0.1) is 5.92 Å². The molecular weight excluding hydrogens is 234 g/mol. The van der Waals surface area contributed by atoms with E-state index in [4.69, 9.17) is 0 Å². The molecule has 1 aromatic carbocycles. The molecule has 19 heavy (non-hydrogen) atoms. The third-order valence-electron chi connectivity index (χ3n) is 3.81. The summed E-state index contributed by atoms with van der Waals surface area (Å²) in [4.78, 5) is 6.81. The predicted octanol–water partition coefficient (Wildman–Crippen LogP) is 2.67. The molecule has 2 aromatic rings. The maximum Gasteiger partial charge on any atom is 0.0461 e. The summed E-state index contributed by atoms with van der Waals surface area (Å²) in [6.07, 6.45) is 5.06. The Morgan fingerprint density at radius 2 is 2.26 bits per heavy atom. The first-order chi connectivity index (χ1) is 9.34. The van der Waals surface area contributed by atoms with Crippen LogP contribution in [0.1, 0.15) is 13.3 Å². The highest BCUT2D eigenvalue weighted by molar-refractivity contribution is 5.93. The molecule has 2 heterocycles. The maximum atomic E-state index is 4.29. The Morgan fingerprint density at radius 3 is 3.21 bits per heavy atom. The molecule has 3 rings (SSSR count). The summed E-state index contributed by atoms with van der Waals surface area (Å²) in [7, 11) is 0. The van der Waals surface area contributed by atoms with Crippen LogP contribution < -0.4 is 10.2 Å². The van der Waals surface area contributed by atoms with Crippen molar-refractivity contribution in [1.29, 1.82) is 0 Å². The molecule has 0 aliphatic carbocycles. The van der Waals surface area contributed by atoms with Crippen LogP contribution in [-0.2, 0) is 0 Å². The summed E-state index contributed by atoms with van der Waals surface area (Å²) in [5.74, 6) is 0.673. The Kier molecular flexibility index (Phi) is 3.65. The Balaban J connectivity index is 1.97. The van der Waals surface area contributed by atoms with Crippen molar-refractivity contribution >= 4 is 16.5 Å². The number of anilines is 1. The number of hydrogen-bond acceptors (Lipinski definition) is 3. The van der Waals surface area contributed by atoms with Crippen LogP contribution in [0.2, 0.25) is 0 Å². The highest BCUT2D eigenvalue weighted by atomic mass is 15.1. The van der Waals surface area contributed by atoms with Crippen LogP contribution in [0.4, 0.5) is 5.69 Å². The van der Waals surface area contributed by atoms with Crippen LogP contribution >= 0.6 is 0 Å². The molecule has 1 unspecified atom stereocenters. The molecule has 1 aliphatic heterocycles. The fourth-order valence-corrected chi connectivity index (χ4v) is 2.87. The van der Waals surface area contributed by atoms with E-state index < -0.39 is 0 Å². The van der Waals surface area contributed by atoms with Gasteiger partial charge >= 0.3 is 0 Å². The van der Waals surface area contributed by atoms with Crippen LogP contribution in [0.15, 0.2) is 36.7 Å². The normalized spacial score (nSPS) is 21.1. The minimum absolute atomic E-state index is 0.673. The van der Waals surface area contributed by atoms with Gasteiger partial charge in [0.05, 0.1) is 0 Å². The zero-order valence-corrected chi connectivity index (χ0v) is 11.5. The Bertz CT molecular complexity index is 547. The molecule has 1 aliphatic rings. The van der Waals surface area contributed by atoms with Crippen molar-refractivity contribution in [2.45, 2.75) is 13.3 Å². The highest BCUT2D eigenvalue weighted by Gasteiger charge is 2.15. The van der Waals surface area contributed by atoms with Crippen LogP contribution in [0.3, 0.4) is 0 Å². The minimum Gasteiger partial charge on any atom is -0.371 e. The van der Waals surface area contributed by atoms with Crippen molar-refractivity contribution in [3.63, 3.8) is 0 Å². The standard InChI is InChI=1S/C16H21N3/c1-13-10-17-7-3-9-19(12-13)16-5-2-4-14-6-8-18-11-15(14)16/h2,4-6,8,11,13,17H,3,7,9-10,12H2,1H3. The Labute approximate surface area is 114 Å². The summed E-state index contributed by atoms with van der Waals surface area (Å²) in [5, 5.41) is 6.05. The van der Waals surface area contributed by atoms with Gasteiger partial charge in [-0.05, 0) is 42.9 Å². The Morgan fingerprint density at radius 1 is 1.32 bits per heavy atom. The molecule has 0 saturated carbocycles. The van der Waals surface area contributed by atoms with Gasteiger partial charge < -0.3 is 10.2 Å². The number of nitrogens with one attached hydrogen (secondary N) is 1. The molecule has 1 fully saturated rings. The molecular formula is C16H21N3. The first kappa shape index (κ1) is 12.4. The van der Waals surface area contributed by atoms with Gasteiger partial charge in [-0.3, -0.25) is 4.98 Å². The molecule has 100 valence electrons. The third-order valence-corrected chi connectivity index (χ3v) is 3.81. The fourth-order valence-electron chi connectivity index (χ4n) is 2.87. The van der Waals surface area contributed by atoms with Gasteiger partial charge in [0, 0.05) is 36.6 Å². The molecule has 0 bridgehead atoms.